The Morgan fingerprint density at radius 2 is 1.93 bits per heavy atom. The number of alkyl halides is 3. The van der Waals surface area contributed by atoms with Crippen LogP contribution in [0, 0.1) is 0 Å². The molecule has 0 saturated heterocycles. The summed E-state index contributed by atoms with van der Waals surface area (Å²) in [6, 6.07) is 0.980. The SMILES string of the molecule is Cn1nc(C(F)(F)F)cc1-c1nc2c3c4c(sc3ncn2n1)CCCCC4. The summed E-state index contributed by atoms with van der Waals surface area (Å²) in [6.45, 7) is 0. The Balaban J connectivity index is 1.71. The molecular weight excluding hydrogens is 377 g/mol. The van der Waals surface area contributed by atoms with Gasteiger partial charge in [0.2, 0.25) is 0 Å². The number of hydrogen-bond donors (Lipinski definition) is 0. The van der Waals surface area contributed by atoms with Crippen molar-refractivity contribution in [3.05, 3.63) is 28.5 Å². The largest absolute Gasteiger partial charge is 0.435 e. The van der Waals surface area contributed by atoms with Crippen LogP contribution in [0.1, 0.15) is 35.4 Å². The third kappa shape index (κ3) is 2.61. The molecule has 6 nitrogen and oxygen atoms in total. The minimum atomic E-state index is -4.51. The summed E-state index contributed by atoms with van der Waals surface area (Å²) in [5.74, 6) is 0.211. The van der Waals surface area contributed by atoms with Crippen molar-refractivity contribution in [2.45, 2.75) is 38.3 Å². The average molecular weight is 392 g/mol. The standard InChI is InChI=1S/C17H15F3N6S/c1-25-10(7-12(23-25)17(18,19)20)14-22-15-13-9-5-3-2-4-6-11(9)27-16(13)21-8-26(15)24-14/h7-8H,2-6H2,1H3. The van der Waals surface area contributed by atoms with Crippen LogP contribution in [0.15, 0.2) is 12.4 Å². The number of aryl methyl sites for hydroxylation is 3. The number of thiophene rings is 1. The number of aromatic nitrogens is 6. The van der Waals surface area contributed by atoms with Gasteiger partial charge in [-0.1, -0.05) is 6.42 Å². The highest BCUT2D eigenvalue weighted by molar-refractivity contribution is 7.19. The lowest BCUT2D eigenvalue weighted by molar-refractivity contribution is -0.141. The van der Waals surface area contributed by atoms with Crippen LogP contribution >= 0.6 is 11.3 Å². The van der Waals surface area contributed by atoms with E-state index < -0.39 is 11.9 Å². The van der Waals surface area contributed by atoms with Crippen LogP contribution in [-0.2, 0) is 26.1 Å². The van der Waals surface area contributed by atoms with Crippen LogP contribution in [0.3, 0.4) is 0 Å². The molecule has 1 aliphatic carbocycles. The predicted octanol–water partition coefficient (Wildman–Crippen LogP) is 4.03. The summed E-state index contributed by atoms with van der Waals surface area (Å²) >= 11 is 1.69. The van der Waals surface area contributed by atoms with Gasteiger partial charge in [-0.25, -0.2) is 14.5 Å². The first kappa shape index (κ1) is 16.7. The molecule has 0 spiro atoms. The molecule has 4 heterocycles. The summed E-state index contributed by atoms with van der Waals surface area (Å²) in [4.78, 5) is 11.3. The highest BCUT2D eigenvalue weighted by Crippen LogP contribution is 2.37. The van der Waals surface area contributed by atoms with Gasteiger partial charge >= 0.3 is 6.18 Å². The monoisotopic (exact) mass is 392 g/mol. The fourth-order valence-corrected chi connectivity index (χ4v) is 4.88. The first-order valence-corrected chi connectivity index (χ1v) is 9.51. The molecule has 4 aromatic heterocycles. The van der Waals surface area contributed by atoms with Gasteiger partial charge in [-0.15, -0.1) is 16.4 Å². The summed E-state index contributed by atoms with van der Waals surface area (Å²) < 4.78 is 41.6. The van der Waals surface area contributed by atoms with Gasteiger partial charge in [-0.2, -0.15) is 18.3 Å². The van der Waals surface area contributed by atoms with Gasteiger partial charge in [0.25, 0.3) is 0 Å². The smallest absolute Gasteiger partial charge is 0.264 e. The Kier molecular flexibility index (Phi) is 3.55. The molecular formula is C17H15F3N6S. The maximum Gasteiger partial charge on any atom is 0.435 e. The topological polar surface area (TPSA) is 60.9 Å². The van der Waals surface area contributed by atoms with Crippen LogP contribution < -0.4 is 0 Å². The summed E-state index contributed by atoms with van der Waals surface area (Å²) in [6.07, 6.45) is 2.58. The maximum atomic E-state index is 13.0. The molecule has 0 radical (unpaired) electrons. The van der Waals surface area contributed by atoms with Crippen LogP contribution in [0.25, 0.3) is 27.4 Å². The lowest BCUT2D eigenvalue weighted by Gasteiger charge is -1.98. The van der Waals surface area contributed by atoms with E-state index in [0.29, 0.717) is 5.65 Å². The molecule has 27 heavy (non-hydrogen) atoms. The van der Waals surface area contributed by atoms with Crippen molar-refractivity contribution in [2.24, 2.45) is 7.05 Å². The van der Waals surface area contributed by atoms with Crippen molar-refractivity contribution in [3.8, 4) is 11.5 Å². The van der Waals surface area contributed by atoms with Gasteiger partial charge in [0.15, 0.2) is 17.2 Å². The number of nitrogens with zero attached hydrogens (tertiary/aromatic N) is 6. The van der Waals surface area contributed by atoms with E-state index in [2.05, 4.69) is 20.2 Å². The minimum absolute atomic E-state index is 0.211. The highest BCUT2D eigenvalue weighted by atomic mass is 32.1. The van der Waals surface area contributed by atoms with Crippen molar-refractivity contribution in [1.82, 2.24) is 29.4 Å². The quantitative estimate of drug-likeness (QED) is 0.459. The fourth-order valence-electron chi connectivity index (χ4n) is 3.65. The molecule has 0 atom stereocenters. The number of rotatable bonds is 1. The summed E-state index contributed by atoms with van der Waals surface area (Å²) in [5, 5.41) is 8.90. The molecule has 0 N–H and O–H groups in total. The van der Waals surface area contributed by atoms with Gasteiger partial charge in [0.05, 0.1) is 5.39 Å². The van der Waals surface area contributed by atoms with Gasteiger partial charge < -0.3 is 0 Å². The van der Waals surface area contributed by atoms with E-state index in [1.54, 1.807) is 22.2 Å². The van der Waals surface area contributed by atoms with Gasteiger partial charge in [0, 0.05) is 11.9 Å². The molecule has 10 heteroatoms. The van der Waals surface area contributed by atoms with Gasteiger partial charge in [-0.3, -0.25) is 4.68 Å². The van der Waals surface area contributed by atoms with E-state index in [1.165, 1.54) is 30.3 Å². The molecule has 140 valence electrons. The lowest BCUT2D eigenvalue weighted by Crippen LogP contribution is -2.06. The van der Waals surface area contributed by atoms with E-state index >= 15 is 0 Å². The molecule has 1 aliphatic rings. The van der Waals surface area contributed by atoms with E-state index in [9.17, 15) is 13.2 Å². The third-order valence-corrected chi connectivity index (χ3v) is 6.14. The summed E-state index contributed by atoms with van der Waals surface area (Å²) in [7, 11) is 1.46. The Morgan fingerprint density at radius 1 is 1.11 bits per heavy atom. The van der Waals surface area contributed by atoms with E-state index in [-0.39, 0.29) is 11.5 Å². The highest BCUT2D eigenvalue weighted by Gasteiger charge is 2.35. The molecule has 0 amide bonds. The van der Waals surface area contributed by atoms with Crippen LogP contribution in [0.4, 0.5) is 13.2 Å². The van der Waals surface area contributed by atoms with Gasteiger partial charge in [0.1, 0.15) is 16.9 Å². The zero-order chi connectivity index (χ0) is 18.8. The molecule has 0 aromatic carbocycles. The molecule has 0 bridgehead atoms. The molecule has 0 saturated carbocycles. The molecule has 0 unspecified atom stereocenters. The molecule has 4 aromatic rings. The Hall–Kier alpha value is -2.49. The first-order valence-electron chi connectivity index (χ1n) is 8.69. The normalized spacial score (nSPS) is 15.4. The Labute approximate surface area is 155 Å². The Bertz CT molecular complexity index is 1170. The maximum absolute atomic E-state index is 13.0. The first-order chi connectivity index (χ1) is 12.9. The van der Waals surface area contributed by atoms with Crippen molar-refractivity contribution in [1.29, 1.82) is 0 Å². The number of fused-ring (bicyclic) bond motifs is 5. The van der Waals surface area contributed by atoms with Crippen LogP contribution in [0.2, 0.25) is 0 Å². The van der Waals surface area contributed by atoms with Crippen molar-refractivity contribution < 1.29 is 13.2 Å². The fraction of sp³-hybridized carbons (Fsp3) is 0.412. The van der Waals surface area contributed by atoms with E-state index in [0.717, 1.165) is 40.2 Å². The predicted molar refractivity (Wildman–Crippen MR) is 94.6 cm³/mol. The minimum Gasteiger partial charge on any atom is -0.264 e. The summed E-state index contributed by atoms with van der Waals surface area (Å²) in [5.41, 5.74) is 1.18. The lowest BCUT2D eigenvalue weighted by atomic mass is 10.1. The van der Waals surface area contributed by atoms with Crippen LogP contribution in [-0.4, -0.2) is 29.4 Å². The number of hydrogen-bond acceptors (Lipinski definition) is 5. The van der Waals surface area contributed by atoms with Crippen molar-refractivity contribution in [2.75, 3.05) is 0 Å². The van der Waals surface area contributed by atoms with Gasteiger partial charge in [-0.05, 0) is 37.3 Å². The zero-order valence-electron chi connectivity index (χ0n) is 14.4. The Morgan fingerprint density at radius 3 is 2.70 bits per heavy atom. The average Bonchev–Trinajstić information content (AvgIpc) is 3.24. The number of halogens is 3. The second kappa shape index (κ2) is 5.75. The molecule has 0 aliphatic heterocycles. The molecule has 0 fully saturated rings. The van der Waals surface area contributed by atoms with Crippen molar-refractivity contribution in [3.63, 3.8) is 0 Å². The second-order valence-corrected chi connectivity index (χ2v) is 7.81. The van der Waals surface area contributed by atoms with E-state index in [1.807, 2.05) is 0 Å². The van der Waals surface area contributed by atoms with Crippen LogP contribution in [0.5, 0.6) is 0 Å². The zero-order valence-corrected chi connectivity index (χ0v) is 15.2. The van der Waals surface area contributed by atoms with Crippen molar-refractivity contribution >= 4 is 27.2 Å². The molecule has 5 rings (SSSR count). The van der Waals surface area contributed by atoms with E-state index in [4.69, 9.17) is 0 Å². The second-order valence-electron chi connectivity index (χ2n) is 6.73. The third-order valence-electron chi connectivity index (χ3n) is 4.94.